The maximum absolute atomic E-state index is 11.9. The SMILES string of the molecule is C=CCCCCCCO[C@@H]1CCN(C(=O)OC(C)(C)C)C1. The number of ether oxygens (including phenoxy) is 2. The van der Waals surface area contributed by atoms with Crippen molar-refractivity contribution in [1.82, 2.24) is 4.90 Å². The molecule has 122 valence electrons. The third kappa shape index (κ3) is 8.10. The van der Waals surface area contributed by atoms with Crippen molar-refractivity contribution in [1.29, 1.82) is 0 Å². The first-order valence-corrected chi connectivity index (χ1v) is 8.13. The Bertz CT molecular complexity index is 322. The summed E-state index contributed by atoms with van der Waals surface area (Å²) >= 11 is 0. The van der Waals surface area contributed by atoms with Crippen LogP contribution in [0.4, 0.5) is 4.79 Å². The number of rotatable bonds is 8. The van der Waals surface area contributed by atoms with E-state index in [0.717, 1.165) is 32.4 Å². The van der Waals surface area contributed by atoms with Crippen LogP contribution in [-0.4, -0.2) is 42.4 Å². The second kappa shape index (κ2) is 9.08. The molecule has 21 heavy (non-hydrogen) atoms. The zero-order chi connectivity index (χ0) is 15.7. The zero-order valence-corrected chi connectivity index (χ0v) is 13.9. The van der Waals surface area contributed by atoms with E-state index < -0.39 is 5.60 Å². The first kappa shape index (κ1) is 18.0. The van der Waals surface area contributed by atoms with Gasteiger partial charge in [0.2, 0.25) is 0 Å². The normalized spacial score (nSPS) is 18.8. The highest BCUT2D eigenvalue weighted by molar-refractivity contribution is 5.68. The molecule has 1 aliphatic rings. The van der Waals surface area contributed by atoms with Crippen molar-refractivity contribution in [2.45, 2.75) is 71.0 Å². The minimum Gasteiger partial charge on any atom is -0.444 e. The summed E-state index contributed by atoms with van der Waals surface area (Å²) in [5.74, 6) is 0. The van der Waals surface area contributed by atoms with Crippen molar-refractivity contribution in [2.24, 2.45) is 0 Å². The molecule has 4 heteroatoms. The molecular weight excluding hydrogens is 266 g/mol. The number of likely N-dealkylation sites (tertiary alicyclic amines) is 1. The monoisotopic (exact) mass is 297 g/mol. The molecule has 0 N–H and O–H groups in total. The van der Waals surface area contributed by atoms with Crippen LogP contribution in [0.3, 0.4) is 0 Å². The van der Waals surface area contributed by atoms with E-state index in [-0.39, 0.29) is 12.2 Å². The third-order valence-corrected chi connectivity index (χ3v) is 3.45. The Balaban J connectivity index is 2.09. The molecule has 0 aromatic carbocycles. The predicted octanol–water partition coefficient (Wildman–Crippen LogP) is 4.15. The highest BCUT2D eigenvalue weighted by atomic mass is 16.6. The van der Waals surface area contributed by atoms with E-state index in [1.807, 2.05) is 26.8 Å². The fourth-order valence-electron chi connectivity index (χ4n) is 2.35. The molecule has 1 amide bonds. The van der Waals surface area contributed by atoms with E-state index in [1.54, 1.807) is 4.90 Å². The van der Waals surface area contributed by atoms with Gasteiger partial charge in [0, 0.05) is 13.2 Å². The van der Waals surface area contributed by atoms with E-state index >= 15 is 0 Å². The van der Waals surface area contributed by atoms with Crippen LogP contribution in [0.1, 0.15) is 59.3 Å². The lowest BCUT2D eigenvalue weighted by molar-refractivity contribution is 0.0206. The molecular formula is C17H31NO3. The van der Waals surface area contributed by atoms with Crippen LogP contribution in [0, 0.1) is 0 Å². The van der Waals surface area contributed by atoms with Gasteiger partial charge in [0.1, 0.15) is 5.60 Å². The van der Waals surface area contributed by atoms with E-state index in [9.17, 15) is 4.79 Å². The Morgan fingerprint density at radius 3 is 2.67 bits per heavy atom. The summed E-state index contributed by atoms with van der Waals surface area (Å²) in [5.41, 5.74) is -0.429. The molecule has 1 atom stereocenters. The first-order chi connectivity index (χ1) is 9.92. The second-order valence-electron chi connectivity index (χ2n) is 6.70. The van der Waals surface area contributed by atoms with Gasteiger partial charge in [-0.3, -0.25) is 0 Å². The Morgan fingerprint density at radius 2 is 2.00 bits per heavy atom. The minimum atomic E-state index is -0.429. The lowest BCUT2D eigenvalue weighted by Gasteiger charge is -2.24. The summed E-state index contributed by atoms with van der Waals surface area (Å²) in [6.07, 6.45) is 8.70. The van der Waals surface area contributed by atoms with E-state index in [4.69, 9.17) is 9.47 Å². The molecule has 4 nitrogen and oxygen atoms in total. The summed E-state index contributed by atoms with van der Waals surface area (Å²) in [5, 5.41) is 0. The summed E-state index contributed by atoms with van der Waals surface area (Å²) < 4.78 is 11.2. The highest BCUT2D eigenvalue weighted by Gasteiger charge is 2.29. The van der Waals surface area contributed by atoms with Crippen LogP contribution in [0.2, 0.25) is 0 Å². The fourth-order valence-corrected chi connectivity index (χ4v) is 2.35. The standard InChI is InChI=1S/C17H31NO3/c1-5-6-7-8-9-10-13-20-15-11-12-18(14-15)16(19)21-17(2,3)4/h5,15H,1,6-14H2,2-4H3/t15-/m1/s1. The Hall–Kier alpha value is -1.03. The largest absolute Gasteiger partial charge is 0.444 e. The molecule has 1 aliphatic heterocycles. The zero-order valence-electron chi connectivity index (χ0n) is 13.9. The number of hydrogen-bond donors (Lipinski definition) is 0. The minimum absolute atomic E-state index is 0.172. The molecule has 0 radical (unpaired) electrons. The Morgan fingerprint density at radius 1 is 1.29 bits per heavy atom. The van der Waals surface area contributed by atoms with Crippen LogP contribution in [0.25, 0.3) is 0 Å². The Labute approximate surface area is 129 Å². The summed E-state index contributed by atoms with van der Waals surface area (Å²) in [4.78, 5) is 13.7. The second-order valence-corrected chi connectivity index (χ2v) is 6.70. The molecule has 0 aromatic heterocycles. The lowest BCUT2D eigenvalue weighted by atomic mass is 10.1. The average molecular weight is 297 g/mol. The number of nitrogens with zero attached hydrogens (tertiary/aromatic N) is 1. The fraction of sp³-hybridized carbons (Fsp3) is 0.824. The van der Waals surface area contributed by atoms with E-state index in [1.165, 1.54) is 19.3 Å². The van der Waals surface area contributed by atoms with Gasteiger partial charge in [-0.15, -0.1) is 6.58 Å². The maximum Gasteiger partial charge on any atom is 0.410 e. The van der Waals surface area contributed by atoms with Gasteiger partial charge >= 0.3 is 6.09 Å². The van der Waals surface area contributed by atoms with Gasteiger partial charge in [-0.2, -0.15) is 0 Å². The van der Waals surface area contributed by atoms with Crippen LogP contribution in [0.15, 0.2) is 12.7 Å². The first-order valence-electron chi connectivity index (χ1n) is 8.13. The van der Waals surface area contributed by atoms with Gasteiger partial charge in [-0.25, -0.2) is 4.79 Å². The predicted molar refractivity (Wildman–Crippen MR) is 85.4 cm³/mol. The average Bonchev–Trinajstić information content (AvgIpc) is 2.84. The summed E-state index contributed by atoms with van der Waals surface area (Å²) in [7, 11) is 0. The van der Waals surface area contributed by atoms with Gasteiger partial charge in [0.25, 0.3) is 0 Å². The van der Waals surface area contributed by atoms with Gasteiger partial charge in [-0.1, -0.05) is 18.9 Å². The quantitative estimate of drug-likeness (QED) is 0.499. The van der Waals surface area contributed by atoms with Crippen molar-refractivity contribution in [3.05, 3.63) is 12.7 Å². The van der Waals surface area contributed by atoms with Crippen LogP contribution in [0.5, 0.6) is 0 Å². The van der Waals surface area contributed by atoms with Crippen LogP contribution >= 0.6 is 0 Å². The van der Waals surface area contributed by atoms with E-state index in [0.29, 0.717) is 6.54 Å². The molecule has 0 aliphatic carbocycles. The van der Waals surface area contributed by atoms with Crippen LogP contribution in [-0.2, 0) is 9.47 Å². The number of amides is 1. The number of hydrogen-bond acceptors (Lipinski definition) is 3. The molecule has 0 unspecified atom stereocenters. The molecule has 0 saturated carbocycles. The molecule has 0 aromatic rings. The topological polar surface area (TPSA) is 38.8 Å². The van der Waals surface area contributed by atoms with Crippen molar-refractivity contribution in [2.75, 3.05) is 19.7 Å². The highest BCUT2D eigenvalue weighted by Crippen LogP contribution is 2.17. The molecule has 1 saturated heterocycles. The summed E-state index contributed by atoms with van der Waals surface area (Å²) in [6.45, 7) is 11.6. The van der Waals surface area contributed by atoms with Gasteiger partial charge in [0.15, 0.2) is 0 Å². The molecule has 0 spiro atoms. The van der Waals surface area contributed by atoms with E-state index in [2.05, 4.69) is 6.58 Å². The smallest absolute Gasteiger partial charge is 0.410 e. The van der Waals surface area contributed by atoms with Gasteiger partial charge in [-0.05, 0) is 46.5 Å². The molecule has 1 rings (SSSR count). The van der Waals surface area contributed by atoms with Crippen molar-refractivity contribution in [3.8, 4) is 0 Å². The molecule has 0 bridgehead atoms. The molecule has 1 heterocycles. The lowest BCUT2D eigenvalue weighted by Crippen LogP contribution is -2.36. The number of carbonyl (C=O) groups excluding carboxylic acids is 1. The van der Waals surface area contributed by atoms with Crippen LogP contribution < -0.4 is 0 Å². The number of unbranched alkanes of at least 4 members (excludes halogenated alkanes) is 4. The third-order valence-electron chi connectivity index (χ3n) is 3.45. The number of allylic oxidation sites excluding steroid dienone is 1. The molecule has 1 fully saturated rings. The van der Waals surface area contributed by atoms with Crippen molar-refractivity contribution < 1.29 is 14.3 Å². The van der Waals surface area contributed by atoms with Gasteiger partial charge in [0.05, 0.1) is 12.6 Å². The van der Waals surface area contributed by atoms with Crippen molar-refractivity contribution in [3.63, 3.8) is 0 Å². The number of carbonyl (C=O) groups is 1. The van der Waals surface area contributed by atoms with Gasteiger partial charge < -0.3 is 14.4 Å². The van der Waals surface area contributed by atoms with Crippen molar-refractivity contribution >= 4 is 6.09 Å². The summed E-state index contributed by atoms with van der Waals surface area (Å²) in [6, 6.07) is 0. The maximum atomic E-state index is 11.9. The Kier molecular flexibility index (Phi) is 7.79.